The molecule has 2 rings (SSSR count). The summed E-state index contributed by atoms with van der Waals surface area (Å²) in [5.41, 5.74) is 0.242. The van der Waals surface area contributed by atoms with Crippen molar-refractivity contribution in [1.82, 2.24) is 9.55 Å². The number of aromatic nitrogens is 2. The standard InChI is InChI=1S/C15H15F3N2OS/c1-3-20-13(21)8-12(15(16,17)18)19-14(20)22-9-11-6-4-10(2)5-7-11/h4-8H,3,9H2,1-2H3. The second-order valence-corrected chi connectivity index (χ2v) is 5.72. The van der Waals surface area contributed by atoms with Crippen molar-refractivity contribution in [2.24, 2.45) is 0 Å². The molecule has 0 spiro atoms. The van der Waals surface area contributed by atoms with Crippen LogP contribution in [0.3, 0.4) is 0 Å². The van der Waals surface area contributed by atoms with E-state index < -0.39 is 17.4 Å². The first-order chi connectivity index (χ1) is 10.3. The molecule has 3 nitrogen and oxygen atoms in total. The van der Waals surface area contributed by atoms with Gasteiger partial charge in [-0.1, -0.05) is 41.6 Å². The van der Waals surface area contributed by atoms with Crippen molar-refractivity contribution in [3.05, 3.63) is 57.5 Å². The Balaban J connectivity index is 2.30. The van der Waals surface area contributed by atoms with E-state index in [0.29, 0.717) is 11.8 Å². The second kappa shape index (κ2) is 6.56. The smallest absolute Gasteiger partial charge is 0.288 e. The van der Waals surface area contributed by atoms with Gasteiger partial charge in [0.05, 0.1) is 0 Å². The van der Waals surface area contributed by atoms with Gasteiger partial charge in [-0.05, 0) is 19.4 Å². The molecule has 0 atom stereocenters. The highest BCUT2D eigenvalue weighted by Gasteiger charge is 2.34. The fraction of sp³-hybridized carbons (Fsp3) is 0.333. The number of benzene rings is 1. The maximum atomic E-state index is 12.8. The van der Waals surface area contributed by atoms with Crippen molar-refractivity contribution in [3.8, 4) is 0 Å². The topological polar surface area (TPSA) is 34.9 Å². The lowest BCUT2D eigenvalue weighted by Gasteiger charge is -2.12. The third-order valence-electron chi connectivity index (χ3n) is 3.07. The summed E-state index contributed by atoms with van der Waals surface area (Å²) in [6, 6.07) is 8.22. The molecule has 0 bridgehead atoms. The molecule has 0 saturated heterocycles. The molecule has 0 aliphatic rings. The predicted octanol–water partition coefficient (Wildman–Crippen LogP) is 3.88. The van der Waals surface area contributed by atoms with Gasteiger partial charge in [-0.3, -0.25) is 9.36 Å². The highest BCUT2D eigenvalue weighted by atomic mass is 32.2. The Morgan fingerprint density at radius 1 is 1.23 bits per heavy atom. The van der Waals surface area contributed by atoms with Crippen LogP contribution in [0.15, 0.2) is 40.3 Å². The third-order valence-corrected chi connectivity index (χ3v) is 4.12. The Bertz CT molecular complexity index is 708. The van der Waals surface area contributed by atoms with Crippen molar-refractivity contribution in [1.29, 1.82) is 0 Å². The number of hydrogen-bond acceptors (Lipinski definition) is 3. The quantitative estimate of drug-likeness (QED) is 0.631. The molecule has 0 aliphatic carbocycles. The zero-order chi connectivity index (χ0) is 16.3. The van der Waals surface area contributed by atoms with Gasteiger partial charge in [0.1, 0.15) is 0 Å². The van der Waals surface area contributed by atoms with Crippen molar-refractivity contribution >= 4 is 11.8 Å². The molecule has 0 aliphatic heterocycles. The first kappa shape index (κ1) is 16.6. The molecule has 0 amide bonds. The van der Waals surface area contributed by atoms with Crippen molar-refractivity contribution in [2.75, 3.05) is 0 Å². The molecule has 1 aromatic heterocycles. The summed E-state index contributed by atoms with van der Waals surface area (Å²) >= 11 is 1.13. The van der Waals surface area contributed by atoms with Crippen LogP contribution in [0.5, 0.6) is 0 Å². The Morgan fingerprint density at radius 3 is 2.41 bits per heavy atom. The summed E-state index contributed by atoms with van der Waals surface area (Å²) in [6.45, 7) is 3.94. The zero-order valence-corrected chi connectivity index (χ0v) is 13.0. The highest BCUT2D eigenvalue weighted by Crippen LogP contribution is 2.29. The molecule has 0 unspecified atom stereocenters. The summed E-state index contributed by atoms with van der Waals surface area (Å²) in [6.07, 6.45) is -4.62. The molecule has 0 fully saturated rings. The Morgan fingerprint density at radius 2 is 1.86 bits per heavy atom. The number of halogens is 3. The second-order valence-electron chi connectivity index (χ2n) is 4.78. The maximum Gasteiger partial charge on any atom is 0.433 e. The minimum atomic E-state index is -4.62. The average molecular weight is 328 g/mol. The number of thioether (sulfide) groups is 1. The molecule has 118 valence electrons. The molecule has 22 heavy (non-hydrogen) atoms. The van der Waals surface area contributed by atoms with E-state index in [9.17, 15) is 18.0 Å². The third kappa shape index (κ3) is 3.91. The number of nitrogens with zero attached hydrogens (tertiary/aromatic N) is 2. The van der Waals surface area contributed by atoms with Crippen LogP contribution in [0.25, 0.3) is 0 Å². The fourth-order valence-corrected chi connectivity index (χ4v) is 2.89. The normalized spacial score (nSPS) is 11.7. The summed E-state index contributed by atoms with van der Waals surface area (Å²) in [5, 5.41) is 0.0860. The summed E-state index contributed by atoms with van der Waals surface area (Å²) in [5.74, 6) is 0.452. The monoisotopic (exact) mass is 328 g/mol. The van der Waals surface area contributed by atoms with Crippen LogP contribution in [-0.2, 0) is 18.5 Å². The van der Waals surface area contributed by atoms with Gasteiger partial charge in [-0.25, -0.2) is 4.98 Å². The van der Waals surface area contributed by atoms with Gasteiger partial charge in [-0.2, -0.15) is 13.2 Å². The first-order valence-corrected chi connectivity index (χ1v) is 7.67. The average Bonchev–Trinajstić information content (AvgIpc) is 2.45. The van der Waals surface area contributed by atoms with Crippen LogP contribution >= 0.6 is 11.8 Å². The first-order valence-electron chi connectivity index (χ1n) is 6.68. The van der Waals surface area contributed by atoms with Gasteiger partial charge < -0.3 is 0 Å². The van der Waals surface area contributed by atoms with Crippen molar-refractivity contribution in [2.45, 2.75) is 37.5 Å². The molecule has 2 aromatic rings. The molecule has 0 N–H and O–H groups in total. The van der Waals surface area contributed by atoms with Gasteiger partial charge in [0, 0.05) is 18.4 Å². The predicted molar refractivity (Wildman–Crippen MR) is 79.9 cm³/mol. The Labute approximate surface area is 130 Å². The Kier molecular flexibility index (Phi) is 4.95. The number of aryl methyl sites for hydroxylation is 1. The van der Waals surface area contributed by atoms with E-state index in [1.165, 1.54) is 4.57 Å². The molecule has 7 heteroatoms. The summed E-state index contributed by atoms with van der Waals surface area (Å²) in [4.78, 5) is 15.4. The van der Waals surface area contributed by atoms with Crippen LogP contribution in [0.1, 0.15) is 23.7 Å². The zero-order valence-electron chi connectivity index (χ0n) is 12.1. The molecule has 1 aromatic carbocycles. The molecular weight excluding hydrogens is 313 g/mol. The lowest BCUT2D eigenvalue weighted by molar-refractivity contribution is -0.141. The van der Waals surface area contributed by atoms with Gasteiger partial charge in [0.25, 0.3) is 5.56 Å². The van der Waals surface area contributed by atoms with Crippen molar-refractivity contribution < 1.29 is 13.2 Å². The minimum absolute atomic E-state index is 0.0860. The minimum Gasteiger partial charge on any atom is -0.288 e. The SMILES string of the molecule is CCn1c(SCc2ccc(C)cc2)nc(C(F)(F)F)cc1=O. The fourth-order valence-electron chi connectivity index (χ4n) is 1.86. The van der Waals surface area contributed by atoms with Crippen LogP contribution < -0.4 is 5.56 Å². The van der Waals surface area contributed by atoms with E-state index in [-0.39, 0.29) is 11.7 Å². The van der Waals surface area contributed by atoms with E-state index in [1.807, 2.05) is 31.2 Å². The van der Waals surface area contributed by atoms with Gasteiger partial charge in [0.15, 0.2) is 10.9 Å². The highest BCUT2D eigenvalue weighted by molar-refractivity contribution is 7.98. The Hall–Kier alpha value is -1.76. The number of rotatable bonds is 4. The number of hydrogen-bond donors (Lipinski definition) is 0. The van der Waals surface area contributed by atoms with Crippen LogP contribution in [0.2, 0.25) is 0 Å². The maximum absolute atomic E-state index is 12.8. The van der Waals surface area contributed by atoms with Crippen molar-refractivity contribution in [3.63, 3.8) is 0 Å². The van der Waals surface area contributed by atoms with E-state index >= 15 is 0 Å². The lowest BCUT2D eigenvalue weighted by atomic mass is 10.2. The molecule has 0 saturated carbocycles. The summed E-state index contributed by atoms with van der Waals surface area (Å²) < 4.78 is 39.6. The van der Waals surface area contributed by atoms with Crippen LogP contribution in [0, 0.1) is 6.92 Å². The van der Waals surface area contributed by atoms with Gasteiger partial charge in [0.2, 0.25) is 0 Å². The molecular formula is C15H15F3N2OS. The van der Waals surface area contributed by atoms with Gasteiger partial charge >= 0.3 is 6.18 Å². The van der Waals surface area contributed by atoms with E-state index in [4.69, 9.17) is 0 Å². The van der Waals surface area contributed by atoms with E-state index in [0.717, 1.165) is 22.9 Å². The van der Waals surface area contributed by atoms with E-state index in [1.54, 1.807) is 6.92 Å². The van der Waals surface area contributed by atoms with Crippen LogP contribution in [-0.4, -0.2) is 9.55 Å². The number of alkyl halides is 3. The van der Waals surface area contributed by atoms with Gasteiger partial charge in [-0.15, -0.1) is 0 Å². The van der Waals surface area contributed by atoms with E-state index in [2.05, 4.69) is 4.98 Å². The molecule has 1 heterocycles. The summed E-state index contributed by atoms with van der Waals surface area (Å²) in [7, 11) is 0. The molecule has 0 radical (unpaired) electrons. The van der Waals surface area contributed by atoms with Crippen LogP contribution in [0.4, 0.5) is 13.2 Å². The largest absolute Gasteiger partial charge is 0.433 e. The lowest BCUT2D eigenvalue weighted by Crippen LogP contribution is -2.25.